The van der Waals surface area contributed by atoms with Gasteiger partial charge in [-0.15, -0.1) is 0 Å². The van der Waals surface area contributed by atoms with Crippen LogP contribution in [0.2, 0.25) is 0 Å². The fourth-order valence-corrected chi connectivity index (χ4v) is 3.77. The first kappa shape index (κ1) is 16.1. The topological polar surface area (TPSA) is 72.9 Å². The van der Waals surface area contributed by atoms with Crippen LogP contribution in [-0.4, -0.2) is 34.1 Å². The molecule has 0 saturated carbocycles. The molecule has 2 aromatic rings. The Morgan fingerprint density at radius 3 is 2.56 bits per heavy atom. The summed E-state index contributed by atoms with van der Waals surface area (Å²) in [5.74, 6) is -0.648. The maximum Gasteiger partial charge on any atom is 0.305 e. The lowest BCUT2D eigenvalue weighted by atomic mass is 9.99. The molecule has 2 atom stereocenters. The molecule has 2 unspecified atom stereocenters. The van der Waals surface area contributed by atoms with Crippen molar-refractivity contribution in [3.8, 4) is 0 Å². The summed E-state index contributed by atoms with van der Waals surface area (Å²) >= 11 is -1.82. The van der Waals surface area contributed by atoms with Crippen LogP contribution < -0.4 is 0 Å². The van der Waals surface area contributed by atoms with Crippen LogP contribution in [0.5, 0.6) is 0 Å². The molecule has 0 aromatic heterocycles. The molecule has 0 spiro atoms. The minimum Gasteiger partial charge on any atom is -0.274 e. The largest absolute Gasteiger partial charge is 0.305 e. The minimum absolute atomic E-state index is 0.0918. The standard InChI is InChI=1S/C18H15NO5S/c20-17-14-8-4-7-13(15-11-23-25(22)24-15)16(14)18(21)19(17)10-9-12-5-2-1-3-6-12/h1-8,15H,9-11H2. The summed E-state index contributed by atoms with van der Waals surface area (Å²) in [4.78, 5) is 26.7. The van der Waals surface area contributed by atoms with E-state index in [2.05, 4.69) is 0 Å². The molecule has 2 amide bonds. The number of hydrogen-bond acceptors (Lipinski definition) is 5. The highest BCUT2D eigenvalue weighted by Crippen LogP contribution is 2.34. The van der Waals surface area contributed by atoms with E-state index in [9.17, 15) is 13.8 Å². The van der Waals surface area contributed by atoms with Gasteiger partial charge in [0.15, 0.2) is 0 Å². The van der Waals surface area contributed by atoms with Gasteiger partial charge in [0.25, 0.3) is 11.8 Å². The minimum atomic E-state index is -1.82. The Balaban J connectivity index is 1.60. The summed E-state index contributed by atoms with van der Waals surface area (Å²) in [6.07, 6.45) is -0.0177. The molecule has 2 aromatic carbocycles. The van der Waals surface area contributed by atoms with Gasteiger partial charge in [-0.1, -0.05) is 42.5 Å². The molecule has 7 heteroatoms. The van der Waals surface area contributed by atoms with Crippen molar-refractivity contribution in [1.82, 2.24) is 4.90 Å². The van der Waals surface area contributed by atoms with E-state index in [1.165, 1.54) is 4.90 Å². The van der Waals surface area contributed by atoms with Gasteiger partial charge in [-0.2, -0.15) is 4.21 Å². The average Bonchev–Trinajstić information content (AvgIpc) is 3.17. The number of imide groups is 1. The lowest BCUT2D eigenvalue weighted by molar-refractivity contribution is 0.0654. The zero-order chi connectivity index (χ0) is 17.4. The summed E-state index contributed by atoms with van der Waals surface area (Å²) in [5.41, 5.74) is 2.29. The number of amides is 2. The van der Waals surface area contributed by atoms with Gasteiger partial charge in [0.2, 0.25) is 0 Å². The second-order valence-corrected chi connectivity index (χ2v) is 6.68. The number of benzene rings is 2. The quantitative estimate of drug-likeness (QED) is 0.785. The van der Waals surface area contributed by atoms with Crippen molar-refractivity contribution in [3.63, 3.8) is 0 Å². The van der Waals surface area contributed by atoms with Crippen LogP contribution in [0.1, 0.15) is 37.9 Å². The first-order chi connectivity index (χ1) is 12.1. The van der Waals surface area contributed by atoms with Crippen molar-refractivity contribution in [2.24, 2.45) is 0 Å². The van der Waals surface area contributed by atoms with Crippen LogP contribution in [-0.2, 0) is 26.1 Å². The van der Waals surface area contributed by atoms with Gasteiger partial charge in [0.05, 0.1) is 17.7 Å². The Hall–Kier alpha value is -2.35. The molecule has 4 rings (SSSR count). The van der Waals surface area contributed by atoms with E-state index < -0.39 is 17.5 Å². The van der Waals surface area contributed by atoms with Crippen LogP contribution in [0, 0.1) is 0 Å². The number of rotatable bonds is 4. The fourth-order valence-electron chi connectivity index (χ4n) is 3.13. The third-order valence-electron chi connectivity index (χ3n) is 4.36. The van der Waals surface area contributed by atoms with Crippen molar-refractivity contribution in [2.75, 3.05) is 13.2 Å². The van der Waals surface area contributed by atoms with Gasteiger partial charge in [-0.05, 0) is 23.6 Å². The number of carbonyl (C=O) groups is 2. The van der Waals surface area contributed by atoms with Gasteiger partial charge in [-0.3, -0.25) is 22.9 Å². The van der Waals surface area contributed by atoms with Crippen LogP contribution in [0.4, 0.5) is 0 Å². The maximum absolute atomic E-state index is 12.8. The predicted octanol–water partition coefficient (Wildman–Crippen LogP) is 2.19. The summed E-state index contributed by atoms with van der Waals surface area (Å²) in [6, 6.07) is 14.7. The van der Waals surface area contributed by atoms with Crippen molar-refractivity contribution < 1.29 is 22.2 Å². The highest BCUT2D eigenvalue weighted by molar-refractivity contribution is 7.75. The van der Waals surface area contributed by atoms with E-state index in [0.29, 0.717) is 29.7 Å². The lowest BCUT2D eigenvalue weighted by Gasteiger charge is -2.14. The van der Waals surface area contributed by atoms with Crippen molar-refractivity contribution in [1.29, 1.82) is 0 Å². The molecule has 0 bridgehead atoms. The Kier molecular flexibility index (Phi) is 4.20. The van der Waals surface area contributed by atoms with Crippen molar-refractivity contribution in [2.45, 2.75) is 12.5 Å². The third-order valence-corrected chi connectivity index (χ3v) is 5.07. The molecule has 6 nitrogen and oxygen atoms in total. The van der Waals surface area contributed by atoms with Crippen LogP contribution in [0.15, 0.2) is 48.5 Å². The Morgan fingerprint density at radius 1 is 1.04 bits per heavy atom. The molecule has 2 aliphatic heterocycles. The lowest BCUT2D eigenvalue weighted by Crippen LogP contribution is -2.32. The first-order valence-electron chi connectivity index (χ1n) is 7.90. The van der Waals surface area contributed by atoms with E-state index >= 15 is 0 Å². The van der Waals surface area contributed by atoms with Gasteiger partial charge < -0.3 is 0 Å². The van der Waals surface area contributed by atoms with E-state index in [0.717, 1.165) is 5.56 Å². The average molecular weight is 357 g/mol. The molecule has 2 heterocycles. The molecular weight excluding hydrogens is 342 g/mol. The monoisotopic (exact) mass is 357 g/mol. The number of nitrogens with zero attached hydrogens (tertiary/aromatic N) is 1. The second kappa shape index (κ2) is 6.51. The summed E-state index contributed by atoms with van der Waals surface area (Å²) in [6.45, 7) is 0.401. The smallest absolute Gasteiger partial charge is 0.274 e. The zero-order valence-electron chi connectivity index (χ0n) is 13.2. The van der Waals surface area contributed by atoms with Gasteiger partial charge in [-0.25, -0.2) is 0 Å². The fraction of sp³-hybridized carbons (Fsp3) is 0.222. The molecular formula is C18H15NO5S. The summed E-state index contributed by atoms with van der Waals surface area (Å²) in [5, 5.41) is 0. The Morgan fingerprint density at radius 2 is 1.84 bits per heavy atom. The van der Waals surface area contributed by atoms with E-state index in [4.69, 9.17) is 8.37 Å². The van der Waals surface area contributed by atoms with Gasteiger partial charge in [0.1, 0.15) is 6.10 Å². The molecule has 128 valence electrons. The first-order valence-corrected chi connectivity index (χ1v) is 8.90. The normalized spacial score (nSPS) is 22.5. The van der Waals surface area contributed by atoms with E-state index in [1.807, 2.05) is 30.3 Å². The SMILES string of the molecule is O=C1c2cccc(C3COS(=O)O3)c2C(=O)N1CCc1ccccc1. The maximum atomic E-state index is 12.8. The molecule has 0 N–H and O–H groups in total. The van der Waals surface area contributed by atoms with Crippen LogP contribution >= 0.6 is 0 Å². The molecule has 1 fully saturated rings. The summed E-state index contributed by atoms with van der Waals surface area (Å²) in [7, 11) is 0. The Labute approximate surface area is 147 Å². The number of carbonyl (C=O) groups excluding carboxylic acids is 2. The zero-order valence-corrected chi connectivity index (χ0v) is 14.0. The molecule has 0 radical (unpaired) electrons. The molecule has 1 saturated heterocycles. The Bertz CT molecular complexity index is 867. The molecule has 0 aliphatic carbocycles. The summed E-state index contributed by atoms with van der Waals surface area (Å²) < 4.78 is 21.4. The molecule has 25 heavy (non-hydrogen) atoms. The van der Waals surface area contributed by atoms with E-state index in [1.54, 1.807) is 18.2 Å². The van der Waals surface area contributed by atoms with Crippen LogP contribution in [0.25, 0.3) is 0 Å². The number of hydrogen-bond donors (Lipinski definition) is 0. The van der Waals surface area contributed by atoms with Crippen LogP contribution in [0.3, 0.4) is 0 Å². The van der Waals surface area contributed by atoms with Gasteiger partial charge >= 0.3 is 11.4 Å². The predicted molar refractivity (Wildman–Crippen MR) is 89.9 cm³/mol. The molecule has 2 aliphatic rings. The number of fused-ring (bicyclic) bond motifs is 1. The second-order valence-electron chi connectivity index (χ2n) is 5.84. The third kappa shape index (κ3) is 2.90. The van der Waals surface area contributed by atoms with E-state index in [-0.39, 0.29) is 18.4 Å². The van der Waals surface area contributed by atoms with Crippen molar-refractivity contribution >= 4 is 23.2 Å². The highest BCUT2D eigenvalue weighted by atomic mass is 32.2. The van der Waals surface area contributed by atoms with Gasteiger partial charge in [0, 0.05) is 6.54 Å². The highest BCUT2D eigenvalue weighted by Gasteiger charge is 2.40. The van der Waals surface area contributed by atoms with Crippen molar-refractivity contribution in [3.05, 3.63) is 70.8 Å².